The Kier molecular flexibility index (Phi) is 8.16. The second-order valence-electron chi connectivity index (χ2n) is 6.33. The third-order valence-corrected chi connectivity index (χ3v) is 3.99. The number of hydrogen-bond acceptors (Lipinski definition) is 6. The smallest absolute Gasteiger partial charge is 0.335 e. The molecule has 9 heteroatoms. The fourth-order valence-corrected chi connectivity index (χ4v) is 2.64. The number of nitrogens with two attached hydrogens (primary N) is 1. The van der Waals surface area contributed by atoms with E-state index < -0.39 is 30.3 Å². The zero-order valence-electron chi connectivity index (χ0n) is 14.0. The average molecular weight is 359 g/mol. The number of hydrogen-bond donors (Lipinski definition) is 6. The zero-order valence-corrected chi connectivity index (χ0v) is 14.0. The summed E-state index contributed by atoms with van der Waals surface area (Å²) >= 11 is 0. The van der Waals surface area contributed by atoms with Crippen LogP contribution in [0.25, 0.3) is 0 Å². The number of aliphatic hydroxyl groups is 3. The van der Waals surface area contributed by atoms with Crippen molar-refractivity contribution in [2.45, 2.75) is 50.0 Å². The highest BCUT2D eigenvalue weighted by Gasteiger charge is 2.36. The van der Waals surface area contributed by atoms with Crippen LogP contribution in [0.5, 0.6) is 0 Å². The van der Waals surface area contributed by atoms with Crippen LogP contribution < -0.4 is 5.73 Å². The molecule has 1 aromatic rings. The molecular formula is C16H25NO8. The van der Waals surface area contributed by atoms with Crippen molar-refractivity contribution < 1.29 is 40.6 Å². The number of carboxylic acid groups (broad SMARTS) is 2. The molecule has 0 fully saturated rings. The molecule has 0 amide bonds. The summed E-state index contributed by atoms with van der Waals surface area (Å²) in [4.78, 5) is 19.5. The van der Waals surface area contributed by atoms with Gasteiger partial charge in [0.2, 0.25) is 0 Å². The number of aliphatic hydroxyl groups excluding tert-OH is 3. The van der Waals surface area contributed by atoms with Crippen LogP contribution in [-0.4, -0.2) is 61.3 Å². The van der Waals surface area contributed by atoms with Crippen molar-refractivity contribution in [2.75, 3.05) is 0 Å². The summed E-state index contributed by atoms with van der Waals surface area (Å²) in [5.41, 5.74) is 8.36. The standard InChI is InChI=1S/C12H17NO.C4H6O6.H2O/c1-12(2)7-10(14)11(13)8-5-3-4-6-9(8)12;5-1(3(7)8)2(6)4(9)10;/h3-6,10-11,14H,7,13H2,1-2H3;1-2,5-6H,(H,7,8)(H,9,10);1H2/t10-,11-;1-,2-;/m01./s1. The predicted octanol–water partition coefficient (Wildman–Crippen LogP) is -1.22. The summed E-state index contributed by atoms with van der Waals surface area (Å²) in [6.07, 6.45) is -4.21. The third-order valence-electron chi connectivity index (χ3n) is 3.99. The van der Waals surface area contributed by atoms with Gasteiger partial charge in [-0.1, -0.05) is 38.1 Å². The molecule has 0 radical (unpaired) electrons. The first-order valence-corrected chi connectivity index (χ1v) is 7.34. The van der Waals surface area contributed by atoms with Gasteiger partial charge < -0.3 is 36.7 Å². The predicted molar refractivity (Wildman–Crippen MR) is 87.9 cm³/mol. The molecule has 0 heterocycles. The van der Waals surface area contributed by atoms with Crippen LogP contribution >= 0.6 is 0 Å². The summed E-state index contributed by atoms with van der Waals surface area (Å²) in [7, 11) is 0. The monoisotopic (exact) mass is 359 g/mol. The molecule has 1 aromatic carbocycles. The number of aliphatic carboxylic acids is 2. The molecule has 0 aromatic heterocycles. The first-order valence-electron chi connectivity index (χ1n) is 7.34. The van der Waals surface area contributed by atoms with Gasteiger partial charge in [0.1, 0.15) is 0 Å². The maximum absolute atomic E-state index is 9.84. The van der Waals surface area contributed by atoms with E-state index in [9.17, 15) is 14.7 Å². The molecule has 1 aliphatic rings. The lowest BCUT2D eigenvalue weighted by Crippen LogP contribution is -2.39. The summed E-state index contributed by atoms with van der Waals surface area (Å²) in [5.74, 6) is -3.54. The molecule has 0 unspecified atom stereocenters. The molecular weight excluding hydrogens is 334 g/mol. The minimum atomic E-state index is -2.27. The van der Waals surface area contributed by atoms with Gasteiger partial charge in [0.15, 0.2) is 12.2 Å². The van der Waals surface area contributed by atoms with E-state index in [0.29, 0.717) is 0 Å². The van der Waals surface area contributed by atoms with Crippen LogP contribution in [0.15, 0.2) is 24.3 Å². The van der Waals surface area contributed by atoms with E-state index in [-0.39, 0.29) is 16.9 Å². The molecule has 1 aliphatic carbocycles. The van der Waals surface area contributed by atoms with E-state index in [4.69, 9.17) is 26.2 Å². The molecule has 0 saturated heterocycles. The summed E-state index contributed by atoms with van der Waals surface area (Å²) in [5, 5.41) is 42.4. The Labute approximate surface area is 144 Å². The number of benzene rings is 1. The van der Waals surface area contributed by atoms with Crippen LogP contribution in [-0.2, 0) is 15.0 Å². The van der Waals surface area contributed by atoms with Crippen LogP contribution in [0, 0.1) is 0 Å². The van der Waals surface area contributed by atoms with Gasteiger partial charge in [-0.15, -0.1) is 0 Å². The molecule has 4 atom stereocenters. The average Bonchev–Trinajstić information content (AvgIpc) is 2.51. The van der Waals surface area contributed by atoms with E-state index in [1.807, 2.05) is 18.2 Å². The summed E-state index contributed by atoms with van der Waals surface area (Å²) in [6.45, 7) is 4.31. The number of rotatable bonds is 3. The highest BCUT2D eigenvalue weighted by molar-refractivity contribution is 5.83. The molecule has 0 aliphatic heterocycles. The van der Waals surface area contributed by atoms with Crippen LogP contribution in [0.3, 0.4) is 0 Å². The van der Waals surface area contributed by atoms with Crippen molar-refractivity contribution in [1.82, 2.24) is 0 Å². The van der Waals surface area contributed by atoms with Gasteiger partial charge in [0, 0.05) is 0 Å². The fourth-order valence-electron chi connectivity index (χ4n) is 2.64. The SMILES string of the molecule is CC1(C)C[C@H](O)[C@@H](N)c2ccccc21.O.O=C(O)[C@H](O)[C@@H](O)C(=O)O. The van der Waals surface area contributed by atoms with Gasteiger partial charge in [-0.25, -0.2) is 9.59 Å². The molecule has 0 saturated carbocycles. The van der Waals surface area contributed by atoms with Crippen molar-refractivity contribution in [2.24, 2.45) is 5.73 Å². The Morgan fingerprint density at radius 2 is 1.56 bits per heavy atom. The van der Waals surface area contributed by atoms with E-state index in [1.165, 1.54) is 5.56 Å². The largest absolute Gasteiger partial charge is 0.479 e. The topological polar surface area (TPSA) is 193 Å². The van der Waals surface area contributed by atoms with Gasteiger partial charge in [0.25, 0.3) is 0 Å². The quantitative estimate of drug-likeness (QED) is 0.386. The van der Waals surface area contributed by atoms with Gasteiger partial charge in [-0.2, -0.15) is 0 Å². The van der Waals surface area contributed by atoms with Gasteiger partial charge in [-0.05, 0) is 23.0 Å². The second-order valence-corrected chi connectivity index (χ2v) is 6.33. The van der Waals surface area contributed by atoms with Gasteiger partial charge in [0.05, 0.1) is 12.1 Å². The summed E-state index contributed by atoms with van der Waals surface area (Å²) < 4.78 is 0. The third kappa shape index (κ3) is 5.48. The van der Waals surface area contributed by atoms with Crippen LogP contribution in [0.1, 0.15) is 37.4 Å². The van der Waals surface area contributed by atoms with Crippen LogP contribution in [0.4, 0.5) is 0 Å². The highest BCUT2D eigenvalue weighted by atomic mass is 16.4. The van der Waals surface area contributed by atoms with Crippen molar-refractivity contribution in [3.63, 3.8) is 0 Å². The first-order chi connectivity index (χ1) is 11.0. The van der Waals surface area contributed by atoms with E-state index in [2.05, 4.69) is 19.9 Å². The molecule has 9 nitrogen and oxygen atoms in total. The first kappa shape index (κ1) is 23.0. The fraction of sp³-hybridized carbons (Fsp3) is 0.500. The maximum atomic E-state index is 9.84. The lowest BCUT2D eigenvalue weighted by molar-refractivity contribution is -0.165. The van der Waals surface area contributed by atoms with Gasteiger partial charge >= 0.3 is 11.9 Å². The molecule has 2 rings (SSSR count). The Hall–Kier alpha value is -2.04. The maximum Gasteiger partial charge on any atom is 0.335 e. The van der Waals surface area contributed by atoms with Crippen molar-refractivity contribution in [1.29, 1.82) is 0 Å². The van der Waals surface area contributed by atoms with E-state index >= 15 is 0 Å². The number of fused-ring (bicyclic) bond motifs is 1. The molecule has 142 valence electrons. The van der Waals surface area contributed by atoms with Crippen LogP contribution in [0.2, 0.25) is 0 Å². The van der Waals surface area contributed by atoms with E-state index in [1.54, 1.807) is 0 Å². The Morgan fingerprint density at radius 3 is 2.00 bits per heavy atom. The van der Waals surface area contributed by atoms with Crippen molar-refractivity contribution in [3.05, 3.63) is 35.4 Å². The van der Waals surface area contributed by atoms with Gasteiger partial charge in [-0.3, -0.25) is 0 Å². The zero-order chi connectivity index (χ0) is 18.7. The normalized spacial score (nSPS) is 23.0. The minimum absolute atomic E-state index is 0. The molecule has 9 N–H and O–H groups in total. The lowest BCUT2D eigenvalue weighted by atomic mass is 9.70. The Balaban J connectivity index is 0.000000471. The second kappa shape index (κ2) is 8.88. The Bertz CT molecular complexity index is 586. The molecule has 25 heavy (non-hydrogen) atoms. The van der Waals surface area contributed by atoms with Crippen molar-refractivity contribution in [3.8, 4) is 0 Å². The number of carboxylic acids is 2. The van der Waals surface area contributed by atoms with Crippen molar-refractivity contribution >= 4 is 11.9 Å². The minimum Gasteiger partial charge on any atom is -0.479 e. The molecule has 0 bridgehead atoms. The number of carbonyl (C=O) groups is 2. The molecule has 0 spiro atoms. The highest BCUT2D eigenvalue weighted by Crippen LogP contribution is 2.40. The van der Waals surface area contributed by atoms with E-state index in [0.717, 1.165) is 12.0 Å². The lowest BCUT2D eigenvalue weighted by Gasteiger charge is -2.38. The Morgan fingerprint density at radius 1 is 1.12 bits per heavy atom. The summed E-state index contributed by atoms with van der Waals surface area (Å²) in [6, 6.07) is 7.92.